The second kappa shape index (κ2) is 58.8. The minimum atomic E-state index is -4.42. The Morgan fingerprint density at radius 2 is 0.675 bits per heavy atom. The minimum Gasteiger partial charge on any atom is -0.462 e. The molecule has 80 heavy (non-hydrogen) atoms. The molecule has 10 heteroatoms. The minimum absolute atomic E-state index is 0.00936. The number of hydrogen-bond donors (Lipinski definition) is 1. The maximum absolute atomic E-state index is 12.8. The van der Waals surface area contributed by atoms with Crippen molar-refractivity contribution in [2.45, 2.75) is 200 Å². The number of rotatable bonds is 53. The topological polar surface area (TPSA) is 108 Å². The molecule has 2 atom stereocenters. The molecule has 448 valence electrons. The Hall–Kier alpha value is -4.89. The van der Waals surface area contributed by atoms with Crippen LogP contribution in [0.4, 0.5) is 0 Å². The Bertz CT molecular complexity index is 2000. The van der Waals surface area contributed by atoms with Crippen molar-refractivity contribution in [3.63, 3.8) is 0 Å². The zero-order valence-electron chi connectivity index (χ0n) is 50.7. The molecule has 0 aliphatic carbocycles. The van der Waals surface area contributed by atoms with Gasteiger partial charge < -0.3 is 18.9 Å². The summed E-state index contributed by atoms with van der Waals surface area (Å²) < 4.78 is 34.5. The SMILES string of the molecule is CC/C=C\C/C=C\C/C=C\C/C=C\C/C=C\C/C=C\C/C=C\C/C=C\CCCCC(=O)OC(COC(=O)CCCCCCCCC/C=C\C/C=C\C/C=C\C/C=C\C/C=C\C/C=C\C/C=C\CC)COP(=O)(O)OCC[N+](C)(C)C. The fourth-order valence-corrected chi connectivity index (χ4v) is 8.04. The highest BCUT2D eigenvalue weighted by Gasteiger charge is 2.27. The van der Waals surface area contributed by atoms with E-state index in [0.29, 0.717) is 23.9 Å². The van der Waals surface area contributed by atoms with E-state index < -0.39 is 32.5 Å². The Morgan fingerprint density at radius 3 is 1.02 bits per heavy atom. The Balaban J connectivity index is 4.33. The first-order chi connectivity index (χ1) is 39.0. The highest BCUT2D eigenvalue weighted by molar-refractivity contribution is 7.47. The molecular weight excluding hydrogens is 1010 g/mol. The molecule has 0 aromatic carbocycles. The molecule has 0 bridgehead atoms. The van der Waals surface area contributed by atoms with Crippen LogP contribution in [-0.2, 0) is 32.7 Å². The van der Waals surface area contributed by atoms with Crippen molar-refractivity contribution < 1.29 is 42.1 Å². The van der Waals surface area contributed by atoms with Gasteiger partial charge in [-0.1, -0.05) is 228 Å². The number of quaternary nitrogens is 1. The molecule has 0 rings (SSSR count). The van der Waals surface area contributed by atoms with E-state index in [2.05, 4.69) is 196 Å². The molecule has 0 amide bonds. The summed E-state index contributed by atoms with van der Waals surface area (Å²) in [6, 6.07) is 0. The average molecular weight is 1130 g/mol. The molecule has 0 aromatic heterocycles. The number of likely N-dealkylation sites (N-methyl/N-ethyl adjacent to an activating group) is 1. The predicted molar refractivity (Wildman–Crippen MR) is 343 cm³/mol. The van der Waals surface area contributed by atoms with E-state index in [1.807, 2.05) is 21.1 Å². The first kappa shape index (κ1) is 75.1. The lowest BCUT2D eigenvalue weighted by atomic mass is 10.1. The molecule has 2 unspecified atom stereocenters. The number of carbonyl (C=O) groups is 2. The fourth-order valence-electron chi connectivity index (χ4n) is 7.30. The first-order valence-corrected chi connectivity index (χ1v) is 32.0. The first-order valence-electron chi connectivity index (χ1n) is 30.5. The number of ether oxygens (including phenoxy) is 2. The van der Waals surface area contributed by atoms with E-state index in [-0.39, 0.29) is 26.1 Å². The lowest BCUT2D eigenvalue weighted by Gasteiger charge is -2.24. The van der Waals surface area contributed by atoms with Crippen LogP contribution >= 0.6 is 7.82 Å². The summed E-state index contributed by atoms with van der Waals surface area (Å²) in [5.41, 5.74) is 0. The number of phosphoric acid groups is 1. The normalized spacial score (nSPS) is 14.5. The molecule has 0 fully saturated rings. The average Bonchev–Trinajstić information content (AvgIpc) is 3.42. The molecule has 0 spiro atoms. The van der Waals surface area contributed by atoms with Gasteiger partial charge in [-0.3, -0.25) is 18.6 Å². The zero-order chi connectivity index (χ0) is 58.4. The van der Waals surface area contributed by atoms with E-state index in [9.17, 15) is 19.0 Å². The lowest BCUT2D eigenvalue weighted by Crippen LogP contribution is -2.37. The van der Waals surface area contributed by atoms with E-state index in [1.165, 1.54) is 19.3 Å². The molecule has 0 aliphatic rings. The van der Waals surface area contributed by atoms with Gasteiger partial charge in [-0.05, 0) is 135 Å². The van der Waals surface area contributed by atoms with Crippen LogP contribution in [0.1, 0.15) is 194 Å². The van der Waals surface area contributed by atoms with Crippen molar-refractivity contribution in [2.24, 2.45) is 0 Å². The Labute approximate surface area is 489 Å². The van der Waals surface area contributed by atoms with Gasteiger partial charge in [0.15, 0.2) is 6.10 Å². The monoisotopic (exact) mass is 1120 g/mol. The van der Waals surface area contributed by atoms with Gasteiger partial charge >= 0.3 is 19.8 Å². The molecule has 0 heterocycles. The summed E-state index contributed by atoms with van der Waals surface area (Å²) in [4.78, 5) is 35.7. The van der Waals surface area contributed by atoms with Gasteiger partial charge in [0.2, 0.25) is 0 Å². The summed E-state index contributed by atoms with van der Waals surface area (Å²) >= 11 is 0. The summed E-state index contributed by atoms with van der Waals surface area (Å²) in [5, 5.41) is 0. The Kier molecular flexibility index (Phi) is 55.2. The summed E-state index contributed by atoms with van der Waals surface area (Å²) in [5.74, 6) is -0.879. The maximum Gasteiger partial charge on any atom is 0.472 e. The number of unbranched alkanes of at least 4 members (excludes halogenated alkanes) is 9. The summed E-state index contributed by atoms with van der Waals surface area (Å²) in [7, 11) is 1.41. The van der Waals surface area contributed by atoms with Gasteiger partial charge in [-0.15, -0.1) is 0 Å². The van der Waals surface area contributed by atoms with Crippen LogP contribution < -0.4 is 0 Å². The number of hydrogen-bond acceptors (Lipinski definition) is 7. The number of nitrogens with zero attached hydrogens (tertiary/aromatic N) is 1. The molecule has 0 saturated carbocycles. The van der Waals surface area contributed by atoms with Crippen molar-refractivity contribution in [3.8, 4) is 0 Å². The van der Waals surface area contributed by atoms with E-state index in [1.54, 1.807) is 0 Å². The summed E-state index contributed by atoms with van der Waals surface area (Å²) in [6.07, 6.45) is 91.1. The van der Waals surface area contributed by atoms with Crippen LogP contribution in [-0.4, -0.2) is 74.9 Å². The van der Waals surface area contributed by atoms with Crippen molar-refractivity contribution >= 4 is 19.8 Å². The second-order valence-electron chi connectivity index (χ2n) is 20.6. The molecule has 1 N–H and O–H groups in total. The molecule has 9 nitrogen and oxygen atoms in total. The van der Waals surface area contributed by atoms with Crippen molar-refractivity contribution in [3.05, 3.63) is 182 Å². The lowest BCUT2D eigenvalue weighted by molar-refractivity contribution is -0.870. The highest BCUT2D eigenvalue weighted by atomic mass is 31.2. The predicted octanol–water partition coefficient (Wildman–Crippen LogP) is 19.6. The molecular formula is C70H111NO8P+. The van der Waals surface area contributed by atoms with Crippen LogP contribution in [0.25, 0.3) is 0 Å². The van der Waals surface area contributed by atoms with Crippen LogP contribution in [0, 0.1) is 0 Å². The van der Waals surface area contributed by atoms with Crippen LogP contribution in [0.5, 0.6) is 0 Å². The number of esters is 2. The molecule has 0 radical (unpaired) electrons. The third-order valence-electron chi connectivity index (χ3n) is 11.9. The van der Waals surface area contributed by atoms with Crippen LogP contribution in [0.15, 0.2) is 182 Å². The van der Waals surface area contributed by atoms with Gasteiger partial charge in [-0.25, -0.2) is 4.57 Å². The third kappa shape index (κ3) is 62.3. The van der Waals surface area contributed by atoms with Crippen molar-refractivity contribution in [2.75, 3.05) is 47.5 Å². The second-order valence-corrected chi connectivity index (χ2v) is 22.1. The maximum atomic E-state index is 12.8. The third-order valence-corrected chi connectivity index (χ3v) is 12.9. The zero-order valence-corrected chi connectivity index (χ0v) is 51.6. The number of allylic oxidation sites excluding steroid dienone is 30. The van der Waals surface area contributed by atoms with Crippen LogP contribution in [0.2, 0.25) is 0 Å². The highest BCUT2D eigenvalue weighted by Crippen LogP contribution is 2.43. The van der Waals surface area contributed by atoms with Gasteiger partial charge in [-0.2, -0.15) is 0 Å². The Morgan fingerprint density at radius 1 is 0.388 bits per heavy atom. The van der Waals surface area contributed by atoms with Gasteiger partial charge in [0.25, 0.3) is 0 Å². The number of phosphoric ester groups is 1. The summed E-state index contributed by atoms with van der Waals surface area (Å²) in [6.45, 7) is 4.10. The van der Waals surface area contributed by atoms with Gasteiger partial charge in [0.1, 0.15) is 19.8 Å². The number of carbonyl (C=O) groups excluding carboxylic acids is 2. The molecule has 0 saturated heterocycles. The van der Waals surface area contributed by atoms with Crippen LogP contribution in [0.3, 0.4) is 0 Å². The van der Waals surface area contributed by atoms with Crippen molar-refractivity contribution in [1.29, 1.82) is 0 Å². The largest absolute Gasteiger partial charge is 0.472 e. The molecule has 0 aromatic rings. The van der Waals surface area contributed by atoms with E-state index >= 15 is 0 Å². The van der Waals surface area contributed by atoms with Crippen molar-refractivity contribution in [1.82, 2.24) is 0 Å². The smallest absolute Gasteiger partial charge is 0.462 e. The van der Waals surface area contributed by atoms with E-state index in [0.717, 1.165) is 135 Å². The quantitative estimate of drug-likeness (QED) is 0.0211. The molecule has 0 aliphatic heterocycles. The van der Waals surface area contributed by atoms with E-state index in [4.69, 9.17) is 18.5 Å². The van der Waals surface area contributed by atoms with Gasteiger partial charge in [0, 0.05) is 12.8 Å². The van der Waals surface area contributed by atoms with Gasteiger partial charge in [0.05, 0.1) is 27.7 Å². The standard InChI is InChI=1S/C70H110NO8P/c1-6-8-10-12-14-16-18-20-22-24-26-28-30-32-34-35-37-38-40-42-44-46-48-50-52-54-56-58-60-62-69(72)76-66-68(67-78-80(74,75)77-65-64-71(3,4)5)79-70(73)63-61-59-57-55-53-51-49-47-45-43-41-39-36-33-31-29-27-25-23-21-19-17-15-13-11-9-7-2/h8-11,14-17,20-23,26-29,32-34,36-38,41-44,47,49,53,55,68H,6-7,12-13,18-19,24-25,30-31,35,39-40,45-46,48,50-52,54,56-67H2,1-5H3/p+1/b10-8-,11-9-,16-14-,17-15-,22-20-,23-21-,28-26-,29-27-,34-32-,36-33-,38-37-,43-41-,44-42-,49-47-,55-53-. The fraction of sp³-hybridized carbons (Fsp3) is 0.543.